The van der Waals surface area contributed by atoms with E-state index < -0.39 is 0 Å². The van der Waals surface area contributed by atoms with E-state index in [1.807, 2.05) is 0 Å². The highest BCUT2D eigenvalue weighted by atomic mass is 16.1. The highest BCUT2D eigenvalue weighted by molar-refractivity contribution is 5.76. The molecule has 1 atom stereocenters. The van der Waals surface area contributed by atoms with Crippen molar-refractivity contribution in [2.24, 2.45) is 11.7 Å². The lowest BCUT2D eigenvalue weighted by molar-refractivity contribution is -0.122. The first-order chi connectivity index (χ1) is 8.17. The highest BCUT2D eigenvalue weighted by Crippen LogP contribution is 2.05. The van der Waals surface area contributed by atoms with Crippen molar-refractivity contribution in [3.05, 3.63) is 0 Å². The number of carbonyl (C=O) groups is 1. The zero-order valence-corrected chi connectivity index (χ0v) is 11.7. The fourth-order valence-electron chi connectivity index (χ4n) is 1.80. The van der Waals surface area contributed by atoms with E-state index in [0.717, 1.165) is 39.0 Å². The number of hydrogen-bond donors (Lipinski definition) is 2. The molecule has 0 saturated carbocycles. The lowest BCUT2D eigenvalue weighted by Gasteiger charge is -2.18. The van der Waals surface area contributed by atoms with E-state index in [0.29, 0.717) is 18.9 Å². The van der Waals surface area contributed by atoms with Crippen LogP contribution in [0.5, 0.6) is 0 Å². The van der Waals surface area contributed by atoms with Crippen LogP contribution >= 0.6 is 0 Å². The second-order valence-electron chi connectivity index (χ2n) is 4.44. The van der Waals surface area contributed by atoms with E-state index in [1.165, 1.54) is 0 Å². The Morgan fingerprint density at radius 1 is 1.29 bits per heavy atom. The largest absolute Gasteiger partial charge is 0.356 e. The van der Waals surface area contributed by atoms with Gasteiger partial charge in [-0.3, -0.25) is 4.79 Å². The summed E-state index contributed by atoms with van der Waals surface area (Å²) >= 11 is 0. The maximum absolute atomic E-state index is 11.6. The molecule has 0 aliphatic rings. The topological polar surface area (TPSA) is 58.4 Å². The Bertz CT molecular complexity index is 189. The average molecular weight is 243 g/mol. The molecule has 102 valence electrons. The summed E-state index contributed by atoms with van der Waals surface area (Å²) in [6.45, 7) is 11.0. The molecule has 0 rings (SSSR count). The van der Waals surface area contributed by atoms with E-state index in [4.69, 9.17) is 5.73 Å². The van der Waals surface area contributed by atoms with E-state index in [9.17, 15) is 4.79 Å². The van der Waals surface area contributed by atoms with Crippen LogP contribution in [0.15, 0.2) is 0 Å². The van der Waals surface area contributed by atoms with Gasteiger partial charge in [-0.15, -0.1) is 0 Å². The number of nitrogens with two attached hydrogens (primary N) is 1. The Kier molecular flexibility index (Phi) is 10.2. The lowest BCUT2D eigenvalue weighted by Crippen LogP contribution is -2.31. The van der Waals surface area contributed by atoms with Crippen LogP contribution < -0.4 is 11.1 Å². The Morgan fingerprint density at radius 2 is 1.94 bits per heavy atom. The van der Waals surface area contributed by atoms with Gasteiger partial charge in [0.2, 0.25) is 5.91 Å². The molecule has 17 heavy (non-hydrogen) atoms. The molecule has 0 aromatic carbocycles. The molecule has 0 radical (unpaired) electrons. The van der Waals surface area contributed by atoms with Crippen LogP contribution in [0, 0.1) is 5.92 Å². The maximum atomic E-state index is 11.6. The number of amides is 1. The minimum atomic E-state index is 0.141. The van der Waals surface area contributed by atoms with Gasteiger partial charge in [-0.25, -0.2) is 0 Å². The molecule has 0 aliphatic carbocycles. The summed E-state index contributed by atoms with van der Waals surface area (Å²) in [4.78, 5) is 13.9. The molecule has 0 saturated heterocycles. The van der Waals surface area contributed by atoms with Crippen LogP contribution in [0.1, 0.15) is 40.0 Å². The third-order valence-corrected chi connectivity index (χ3v) is 3.25. The van der Waals surface area contributed by atoms with Crippen molar-refractivity contribution in [1.82, 2.24) is 10.2 Å². The van der Waals surface area contributed by atoms with Crippen molar-refractivity contribution < 1.29 is 4.79 Å². The van der Waals surface area contributed by atoms with E-state index in [-0.39, 0.29) is 5.91 Å². The first-order valence-corrected chi connectivity index (χ1v) is 6.86. The number of carbonyl (C=O) groups excluding carboxylic acids is 1. The number of rotatable bonds is 10. The second-order valence-corrected chi connectivity index (χ2v) is 4.44. The minimum Gasteiger partial charge on any atom is -0.356 e. The average Bonchev–Trinajstić information content (AvgIpc) is 2.36. The van der Waals surface area contributed by atoms with E-state index in [2.05, 4.69) is 31.0 Å². The molecule has 0 aliphatic heterocycles. The van der Waals surface area contributed by atoms with Gasteiger partial charge in [0.25, 0.3) is 0 Å². The highest BCUT2D eigenvalue weighted by Gasteiger charge is 2.09. The van der Waals surface area contributed by atoms with Crippen molar-refractivity contribution in [3.63, 3.8) is 0 Å². The third kappa shape index (κ3) is 8.16. The predicted octanol–water partition coefficient (Wildman–Crippen LogP) is 1.21. The fourth-order valence-corrected chi connectivity index (χ4v) is 1.80. The SMILES string of the molecule is CCC(CN)CC(=O)NCCCN(CC)CC. The van der Waals surface area contributed by atoms with Crippen LogP contribution in [0.2, 0.25) is 0 Å². The van der Waals surface area contributed by atoms with E-state index >= 15 is 0 Å². The van der Waals surface area contributed by atoms with Crippen molar-refractivity contribution >= 4 is 5.91 Å². The van der Waals surface area contributed by atoms with Gasteiger partial charge in [-0.1, -0.05) is 27.2 Å². The zero-order valence-electron chi connectivity index (χ0n) is 11.7. The summed E-state index contributed by atoms with van der Waals surface area (Å²) in [5.74, 6) is 0.472. The monoisotopic (exact) mass is 243 g/mol. The number of hydrogen-bond acceptors (Lipinski definition) is 3. The van der Waals surface area contributed by atoms with Gasteiger partial charge in [0.15, 0.2) is 0 Å². The Balaban J connectivity index is 3.57. The molecule has 0 bridgehead atoms. The smallest absolute Gasteiger partial charge is 0.220 e. The van der Waals surface area contributed by atoms with Crippen molar-refractivity contribution in [2.45, 2.75) is 40.0 Å². The molecule has 0 heterocycles. The van der Waals surface area contributed by atoms with Gasteiger partial charge in [0.05, 0.1) is 0 Å². The predicted molar refractivity (Wildman–Crippen MR) is 72.9 cm³/mol. The summed E-state index contributed by atoms with van der Waals surface area (Å²) in [6.07, 6.45) is 2.56. The molecule has 4 heteroatoms. The summed E-state index contributed by atoms with van der Waals surface area (Å²) in [7, 11) is 0. The van der Waals surface area contributed by atoms with Crippen molar-refractivity contribution in [1.29, 1.82) is 0 Å². The quantitative estimate of drug-likeness (QED) is 0.567. The molecule has 4 nitrogen and oxygen atoms in total. The number of nitrogens with zero attached hydrogens (tertiary/aromatic N) is 1. The normalized spacial score (nSPS) is 12.8. The molecule has 0 aromatic heterocycles. The van der Waals surface area contributed by atoms with Crippen LogP contribution in [-0.4, -0.2) is 43.5 Å². The summed E-state index contributed by atoms with van der Waals surface area (Å²) in [5.41, 5.74) is 5.58. The molecule has 1 unspecified atom stereocenters. The molecule has 3 N–H and O–H groups in total. The minimum absolute atomic E-state index is 0.141. The van der Waals surface area contributed by atoms with Crippen LogP contribution in [-0.2, 0) is 4.79 Å². The van der Waals surface area contributed by atoms with Gasteiger partial charge in [0.1, 0.15) is 0 Å². The number of nitrogens with one attached hydrogen (secondary N) is 1. The Labute approximate surface area is 106 Å². The molecule has 0 spiro atoms. The maximum Gasteiger partial charge on any atom is 0.220 e. The van der Waals surface area contributed by atoms with Gasteiger partial charge >= 0.3 is 0 Å². The van der Waals surface area contributed by atoms with Crippen molar-refractivity contribution in [3.8, 4) is 0 Å². The van der Waals surface area contributed by atoms with Gasteiger partial charge < -0.3 is 16.0 Å². The Hall–Kier alpha value is -0.610. The summed E-state index contributed by atoms with van der Waals surface area (Å²) in [5, 5.41) is 2.96. The standard InChI is InChI=1S/C13H29N3O/c1-4-12(11-14)10-13(17)15-8-7-9-16(5-2)6-3/h12H,4-11,14H2,1-3H3,(H,15,17). The fraction of sp³-hybridized carbons (Fsp3) is 0.923. The molecule has 0 fully saturated rings. The summed E-state index contributed by atoms with van der Waals surface area (Å²) < 4.78 is 0. The third-order valence-electron chi connectivity index (χ3n) is 3.25. The molecular formula is C13H29N3O. The lowest BCUT2D eigenvalue weighted by atomic mass is 10.0. The first kappa shape index (κ1) is 16.4. The Morgan fingerprint density at radius 3 is 2.41 bits per heavy atom. The van der Waals surface area contributed by atoms with Crippen LogP contribution in [0.4, 0.5) is 0 Å². The molecule has 1 amide bonds. The molecular weight excluding hydrogens is 214 g/mol. The van der Waals surface area contributed by atoms with Crippen molar-refractivity contribution in [2.75, 3.05) is 32.7 Å². The zero-order chi connectivity index (χ0) is 13.1. The van der Waals surface area contributed by atoms with Gasteiger partial charge in [-0.2, -0.15) is 0 Å². The van der Waals surface area contributed by atoms with E-state index in [1.54, 1.807) is 0 Å². The van der Waals surface area contributed by atoms with Gasteiger partial charge in [0, 0.05) is 13.0 Å². The summed E-state index contributed by atoms with van der Waals surface area (Å²) in [6, 6.07) is 0. The van der Waals surface area contributed by atoms with Crippen LogP contribution in [0.3, 0.4) is 0 Å². The second kappa shape index (κ2) is 10.5. The first-order valence-electron chi connectivity index (χ1n) is 6.86. The molecule has 0 aromatic rings. The van der Waals surface area contributed by atoms with Crippen LogP contribution in [0.25, 0.3) is 0 Å². The van der Waals surface area contributed by atoms with Gasteiger partial charge in [-0.05, 0) is 38.5 Å².